The van der Waals surface area contributed by atoms with Crippen molar-refractivity contribution < 1.29 is 4.79 Å². The molecular formula is C16H19NOS2. The zero-order chi connectivity index (χ0) is 14.4. The SMILES string of the molecule is C[C@H](NC(=O)[C@@H](C)SCc1ccccc1)c1cccs1. The predicted octanol–water partition coefficient (Wildman–Crippen LogP) is 4.25. The van der Waals surface area contributed by atoms with E-state index in [4.69, 9.17) is 0 Å². The first-order valence-electron chi connectivity index (χ1n) is 6.66. The van der Waals surface area contributed by atoms with Gasteiger partial charge >= 0.3 is 0 Å². The number of nitrogens with one attached hydrogen (secondary N) is 1. The maximum Gasteiger partial charge on any atom is 0.233 e. The van der Waals surface area contributed by atoms with Crippen LogP contribution in [0.3, 0.4) is 0 Å². The third kappa shape index (κ3) is 4.39. The van der Waals surface area contributed by atoms with E-state index >= 15 is 0 Å². The summed E-state index contributed by atoms with van der Waals surface area (Å²) in [6, 6.07) is 14.4. The Bertz CT molecular complexity index is 525. The molecule has 0 spiro atoms. The lowest BCUT2D eigenvalue weighted by Crippen LogP contribution is -2.32. The molecule has 2 aromatic rings. The van der Waals surface area contributed by atoms with Gasteiger partial charge in [-0.1, -0.05) is 36.4 Å². The van der Waals surface area contributed by atoms with Gasteiger partial charge in [0.15, 0.2) is 0 Å². The van der Waals surface area contributed by atoms with Gasteiger partial charge in [-0.2, -0.15) is 0 Å². The first-order valence-corrected chi connectivity index (χ1v) is 8.59. The molecule has 1 heterocycles. The van der Waals surface area contributed by atoms with Crippen molar-refractivity contribution in [3.8, 4) is 0 Å². The Balaban J connectivity index is 1.80. The Labute approximate surface area is 128 Å². The van der Waals surface area contributed by atoms with Crippen LogP contribution in [-0.2, 0) is 10.5 Å². The summed E-state index contributed by atoms with van der Waals surface area (Å²) in [5.74, 6) is 0.967. The molecule has 0 aliphatic carbocycles. The quantitative estimate of drug-likeness (QED) is 0.864. The van der Waals surface area contributed by atoms with E-state index in [-0.39, 0.29) is 17.2 Å². The molecule has 2 nitrogen and oxygen atoms in total. The molecule has 0 fully saturated rings. The molecule has 0 aliphatic heterocycles. The zero-order valence-corrected chi connectivity index (χ0v) is 13.3. The zero-order valence-electron chi connectivity index (χ0n) is 11.7. The molecule has 1 aromatic heterocycles. The number of carbonyl (C=O) groups is 1. The number of thiophene rings is 1. The van der Waals surface area contributed by atoms with Gasteiger partial charge in [0.25, 0.3) is 0 Å². The number of amides is 1. The van der Waals surface area contributed by atoms with Crippen LogP contribution in [0.25, 0.3) is 0 Å². The lowest BCUT2D eigenvalue weighted by atomic mass is 10.2. The van der Waals surface area contributed by atoms with Crippen LogP contribution in [0.1, 0.15) is 30.3 Å². The highest BCUT2D eigenvalue weighted by Crippen LogP contribution is 2.21. The van der Waals surface area contributed by atoms with Gasteiger partial charge in [0.2, 0.25) is 5.91 Å². The Morgan fingerprint density at radius 2 is 1.95 bits per heavy atom. The molecule has 4 heteroatoms. The highest BCUT2D eigenvalue weighted by atomic mass is 32.2. The van der Waals surface area contributed by atoms with Crippen LogP contribution in [0, 0.1) is 0 Å². The molecule has 0 aliphatic rings. The lowest BCUT2D eigenvalue weighted by Gasteiger charge is -2.16. The first-order chi connectivity index (χ1) is 9.66. The van der Waals surface area contributed by atoms with Gasteiger partial charge in [-0.3, -0.25) is 4.79 Å². The van der Waals surface area contributed by atoms with E-state index in [0.29, 0.717) is 0 Å². The summed E-state index contributed by atoms with van der Waals surface area (Å²) in [7, 11) is 0. The Morgan fingerprint density at radius 3 is 2.60 bits per heavy atom. The van der Waals surface area contributed by atoms with Crippen LogP contribution >= 0.6 is 23.1 Å². The minimum Gasteiger partial charge on any atom is -0.348 e. The van der Waals surface area contributed by atoms with Gasteiger partial charge in [-0.15, -0.1) is 23.1 Å². The molecule has 106 valence electrons. The summed E-state index contributed by atoms with van der Waals surface area (Å²) in [5.41, 5.74) is 1.25. The molecule has 2 rings (SSSR count). The van der Waals surface area contributed by atoms with Crippen molar-refractivity contribution in [1.82, 2.24) is 5.32 Å². The monoisotopic (exact) mass is 305 g/mol. The normalized spacial score (nSPS) is 13.7. The van der Waals surface area contributed by atoms with Gasteiger partial charge in [-0.25, -0.2) is 0 Å². The molecule has 0 radical (unpaired) electrons. The average Bonchev–Trinajstić information content (AvgIpc) is 3.00. The maximum atomic E-state index is 12.1. The minimum absolute atomic E-state index is 0.0439. The van der Waals surface area contributed by atoms with Crippen molar-refractivity contribution in [2.24, 2.45) is 0 Å². The number of hydrogen-bond donors (Lipinski definition) is 1. The second-order valence-corrected chi connectivity index (χ2v) is 6.99. The van der Waals surface area contributed by atoms with Gasteiger partial charge in [0.05, 0.1) is 11.3 Å². The van der Waals surface area contributed by atoms with E-state index in [0.717, 1.165) is 5.75 Å². The summed E-state index contributed by atoms with van der Waals surface area (Å²) < 4.78 is 0. The second-order valence-electron chi connectivity index (χ2n) is 4.68. The minimum atomic E-state index is -0.0439. The van der Waals surface area contributed by atoms with Crippen molar-refractivity contribution in [2.75, 3.05) is 0 Å². The highest BCUT2D eigenvalue weighted by molar-refractivity contribution is 7.99. The van der Waals surface area contributed by atoms with Crippen LogP contribution in [0.2, 0.25) is 0 Å². The van der Waals surface area contributed by atoms with Crippen LogP contribution < -0.4 is 5.32 Å². The van der Waals surface area contributed by atoms with Gasteiger partial charge in [0, 0.05) is 10.6 Å². The lowest BCUT2D eigenvalue weighted by molar-refractivity contribution is -0.120. The molecule has 0 saturated heterocycles. The molecule has 1 aromatic carbocycles. The Kier molecular flexibility index (Phi) is 5.68. The van der Waals surface area contributed by atoms with Crippen molar-refractivity contribution in [3.05, 3.63) is 58.3 Å². The van der Waals surface area contributed by atoms with E-state index in [1.54, 1.807) is 23.1 Å². The fourth-order valence-corrected chi connectivity index (χ4v) is 3.40. The van der Waals surface area contributed by atoms with Crippen LogP contribution in [0.15, 0.2) is 47.8 Å². The number of carbonyl (C=O) groups excluding carboxylic acids is 1. The molecular weight excluding hydrogens is 286 g/mol. The Morgan fingerprint density at radius 1 is 1.20 bits per heavy atom. The largest absolute Gasteiger partial charge is 0.348 e. The van der Waals surface area contributed by atoms with E-state index in [2.05, 4.69) is 23.5 Å². The number of rotatable bonds is 6. The Hall–Kier alpha value is -1.26. The topological polar surface area (TPSA) is 29.1 Å². The highest BCUT2D eigenvalue weighted by Gasteiger charge is 2.16. The first kappa shape index (κ1) is 15.1. The van der Waals surface area contributed by atoms with Gasteiger partial charge < -0.3 is 5.32 Å². The third-order valence-electron chi connectivity index (χ3n) is 3.04. The summed E-state index contributed by atoms with van der Waals surface area (Å²) in [5, 5.41) is 5.06. The summed E-state index contributed by atoms with van der Waals surface area (Å²) in [6.07, 6.45) is 0. The van der Waals surface area contributed by atoms with Crippen molar-refractivity contribution >= 4 is 29.0 Å². The smallest absolute Gasteiger partial charge is 0.233 e. The fraction of sp³-hybridized carbons (Fsp3) is 0.312. The molecule has 0 bridgehead atoms. The van der Waals surface area contributed by atoms with E-state index in [1.165, 1.54) is 10.4 Å². The molecule has 1 N–H and O–H groups in total. The molecule has 20 heavy (non-hydrogen) atoms. The fourth-order valence-electron chi connectivity index (χ4n) is 1.81. The van der Waals surface area contributed by atoms with Gasteiger partial charge in [-0.05, 0) is 30.9 Å². The van der Waals surface area contributed by atoms with Crippen LogP contribution in [0.5, 0.6) is 0 Å². The second kappa shape index (κ2) is 7.50. The standard InChI is InChI=1S/C16H19NOS2/c1-12(15-9-6-10-19-15)17-16(18)13(2)20-11-14-7-4-3-5-8-14/h3-10,12-13H,11H2,1-2H3,(H,17,18)/t12-,13+/m0/s1. The third-order valence-corrected chi connectivity index (χ3v) is 5.31. The van der Waals surface area contributed by atoms with Crippen molar-refractivity contribution in [3.63, 3.8) is 0 Å². The van der Waals surface area contributed by atoms with E-state index in [9.17, 15) is 4.79 Å². The van der Waals surface area contributed by atoms with Crippen molar-refractivity contribution in [1.29, 1.82) is 0 Å². The maximum absolute atomic E-state index is 12.1. The van der Waals surface area contributed by atoms with Crippen LogP contribution in [0.4, 0.5) is 0 Å². The predicted molar refractivity (Wildman–Crippen MR) is 88.1 cm³/mol. The summed E-state index contributed by atoms with van der Waals surface area (Å²) >= 11 is 3.34. The number of benzene rings is 1. The number of thioether (sulfide) groups is 1. The summed E-state index contributed by atoms with van der Waals surface area (Å²) in [4.78, 5) is 13.3. The molecule has 2 atom stereocenters. The molecule has 1 amide bonds. The van der Waals surface area contributed by atoms with Gasteiger partial charge in [0.1, 0.15) is 0 Å². The average molecular weight is 305 g/mol. The number of hydrogen-bond acceptors (Lipinski definition) is 3. The molecule has 0 saturated carbocycles. The van der Waals surface area contributed by atoms with Crippen LogP contribution in [-0.4, -0.2) is 11.2 Å². The van der Waals surface area contributed by atoms with Crippen molar-refractivity contribution in [2.45, 2.75) is 30.9 Å². The summed E-state index contributed by atoms with van der Waals surface area (Å²) in [6.45, 7) is 3.99. The van der Waals surface area contributed by atoms with E-state index < -0.39 is 0 Å². The van der Waals surface area contributed by atoms with E-state index in [1.807, 2.05) is 43.5 Å². The molecule has 0 unspecified atom stereocenters.